The van der Waals surface area contributed by atoms with Crippen molar-refractivity contribution in [2.45, 2.75) is 38.4 Å². The standard InChI is InChI=1S/C14H18N2O4/c1-3-20-14(17)11-8-12(16(18)19)13(15-11)10-7-5-4-6-9(10)2/h4-7,11-13,15H,3,8H2,1-2H3/t11-,12-,13-/m0/s1. The highest BCUT2D eigenvalue weighted by Gasteiger charge is 2.46. The minimum atomic E-state index is -0.814. The van der Waals surface area contributed by atoms with Gasteiger partial charge in [-0.05, 0) is 25.0 Å². The maximum Gasteiger partial charge on any atom is 0.323 e. The lowest BCUT2D eigenvalue weighted by atomic mass is 9.97. The second-order valence-electron chi connectivity index (χ2n) is 4.89. The van der Waals surface area contributed by atoms with Gasteiger partial charge in [0, 0.05) is 11.3 Å². The molecule has 0 spiro atoms. The number of esters is 1. The zero-order chi connectivity index (χ0) is 14.7. The molecule has 1 N–H and O–H groups in total. The number of nitrogens with one attached hydrogen (secondary N) is 1. The van der Waals surface area contributed by atoms with Crippen LogP contribution in [0.5, 0.6) is 0 Å². The third-order valence-corrected chi connectivity index (χ3v) is 3.61. The van der Waals surface area contributed by atoms with Crippen LogP contribution in [-0.4, -0.2) is 29.6 Å². The van der Waals surface area contributed by atoms with Crippen LogP contribution in [0.2, 0.25) is 0 Å². The molecule has 0 aliphatic carbocycles. The first-order chi connectivity index (χ1) is 9.54. The van der Waals surface area contributed by atoms with Crippen molar-refractivity contribution in [1.29, 1.82) is 0 Å². The molecule has 0 aromatic heterocycles. The Hall–Kier alpha value is -1.95. The maximum atomic E-state index is 11.8. The molecule has 6 nitrogen and oxygen atoms in total. The van der Waals surface area contributed by atoms with Gasteiger partial charge in [-0.15, -0.1) is 0 Å². The van der Waals surface area contributed by atoms with Crippen LogP contribution in [0.1, 0.15) is 30.5 Å². The normalized spacial score (nSPS) is 25.4. The highest BCUT2D eigenvalue weighted by atomic mass is 16.6. The molecule has 1 aromatic carbocycles. The van der Waals surface area contributed by atoms with E-state index >= 15 is 0 Å². The molecule has 0 amide bonds. The first-order valence-corrected chi connectivity index (χ1v) is 6.66. The van der Waals surface area contributed by atoms with Crippen molar-refractivity contribution < 1.29 is 14.5 Å². The number of ether oxygens (including phenoxy) is 1. The molecule has 1 heterocycles. The second-order valence-corrected chi connectivity index (χ2v) is 4.89. The van der Waals surface area contributed by atoms with Crippen molar-refractivity contribution in [3.63, 3.8) is 0 Å². The predicted octanol–water partition coefficient (Wildman–Crippen LogP) is 1.61. The van der Waals surface area contributed by atoms with E-state index in [0.29, 0.717) is 0 Å². The Kier molecular flexibility index (Phi) is 4.34. The fourth-order valence-electron chi connectivity index (χ4n) is 2.62. The molecule has 0 saturated carbocycles. The fraction of sp³-hybridized carbons (Fsp3) is 0.500. The molecule has 2 rings (SSSR count). The van der Waals surface area contributed by atoms with Gasteiger partial charge in [0.05, 0.1) is 6.61 Å². The number of aryl methyl sites for hydroxylation is 1. The Morgan fingerprint density at radius 1 is 1.50 bits per heavy atom. The summed E-state index contributed by atoms with van der Waals surface area (Å²) in [7, 11) is 0. The first-order valence-electron chi connectivity index (χ1n) is 6.66. The van der Waals surface area contributed by atoms with Crippen molar-refractivity contribution in [3.05, 3.63) is 45.5 Å². The van der Waals surface area contributed by atoms with Gasteiger partial charge in [-0.2, -0.15) is 0 Å². The highest BCUT2D eigenvalue weighted by Crippen LogP contribution is 2.31. The van der Waals surface area contributed by atoms with Crippen LogP contribution in [0.15, 0.2) is 24.3 Å². The molecule has 1 aliphatic heterocycles. The Bertz CT molecular complexity index is 518. The van der Waals surface area contributed by atoms with Gasteiger partial charge < -0.3 is 4.74 Å². The third-order valence-electron chi connectivity index (χ3n) is 3.61. The second kappa shape index (κ2) is 6.00. The lowest BCUT2D eigenvalue weighted by molar-refractivity contribution is -0.524. The summed E-state index contributed by atoms with van der Waals surface area (Å²) in [5.74, 6) is -0.421. The van der Waals surface area contributed by atoms with E-state index in [1.165, 1.54) is 0 Å². The van der Waals surface area contributed by atoms with Crippen molar-refractivity contribution in [2.24, 2.45) is 0 Å². The summed E-state index contributed by atoms with van der Waals surface area (Å²) in [5, 5.41) is 14.3. The molecule has 1 saturated heterocycles. The Morgan fingerprint density at radius 3 is 2.80 bits per heavy atom. The van der Waals surface area contributed by atoms with Gasteiger partial charge in [-0.1, -0.05) is 24.3 Å². The van der Waals surface area contributed by atoms with E-state index in [-0.39, 0.29) is 18.0 Å². The minimum absolute atomic E-state index is 0.158. The predicted molar refractivity (Wildman–Crippen MR) is 72.9 cm³/mol. The van der Waals surface area contributed by atoms with Crippen LogP contribution in [-0.2, 0) is 9.53 Å². The van der Waals surface area contributed by atoms with E-state index in [1.807, 2.05) is 31.2 Å². The largest absolute Gasteiger partial charge is 0.465 e. The number of hydrogen-bond acceptors (Lipinski definition) is 5. The molecular formula is C14H18N2O4. The average Bonchev–Trinajstić information content (AvgIpc) is 2.84. The lowest BCUT2D eigenvalue weighted by Gasteiger charge is -2.16. The van der Waals surface area contributed by atoms with Crippen LogP contribution < -0.4 is 5.32 Å². The summed E-state index contributed by atoms with van der Waals surface area (Å²) in [6, 6.07) is 5.61. The van der Waals surface area contributed by atoms with Crippen LogP contribution in [0, 0.1) is 17.0 Å². The fourth-order valence-corrected chi connectivity index (χ4v) is 2.62. The summed E-state index contributed by atoms with van der Waals surface area (Å²) in [5.41, 5.74) is 1.84. The van der Waals surface area contributed by atoms with E-state index in [2.05, 4.69) is 5.32 Å². The Morgan fingerprint density at radius 2 is 2.20 bits per heavy atom. The van der Waals surface area contributed by atoms with Crippen molar-refractivity contribution in [2.75, 3.05) is 6.61 Å². The molecular weight excluding hydrogens is 260 g/mol. The topological polar surface area (TPSA) is 81.5 Å². The number of rotatable bonds is 4. The van der Waals surface area contributed by atoms with Gasteiger partial charge in [0.15, 0.2) is 0 Å². The number of nitro groups is 1. The van der Waals surface area contributed by atoms with Gasteiger partial charge >= 0.3 is 5.97 Å². The molecule has 0 bridgehead atoms. The monoisotopic (exact) mass is 278 g/mol. The molecule has 108 valence electrons. The van der Waals surface area contributed by atoms with Crippen LogP contribution in [0.3, 0.4) is 0 Å². The average molecular weight is 278 g/mol. The summed E-state index contributed by atoms with van der Waals surface area (Å²) in [6.45, 7) is 3.90. The van der Waals surface area contributed by atoms with Gasteiger partial charge in [-0.3, -0.25) is 20.2 Å². The first kappa shape index (κ1) is 14.5. The van der Waals surface area contributed by atoms with E-state index in [0.717, 1.165) is 11.1 Å². The summed E-state index contributed by atoms with van der Waals surface area (Å²) >= 11 is 0. The third kappa shape index (κ3) is 2.80. The molecule has 1 fully saturated rings. The zero-order valence-corrected chi connectivity index (χ0v) is 11.5. The van der Waals surface area contributed by atoms with Crippen molar-refractivity contribution in [3.8, 4) is 0 Å². The number of hydrogen-bond donors (Lipinski definition) is 1. The van der Waals surface area contributed by atoms with Crippen molar-refractivity contribution >= 4 is 5.97 Å². The number of nitrogens with zero attached hydrogens (tertiary/aromatic N) is 1. The summed E-state index contributed by atoms with van der Waals surface area (Å²) in [4.78, 5) is 22.7. The van der Waals surface area contributed by atoms with E-state index in [1.54, 1.807) is 6.92 Å². The molecule has 20 heavy (non-hydrogen) atoms. The Balaban J connectivity index is 2.25. The number of carbonyl (C=O) groups excluding carboxylic acids is 1. The number of benzene rings is 1. The van der Waals surface area contributed by atoms with Crippen LogP contribution in [0.25, 0.3) is 0 Å². The molecule has 0 unspecified atom stereocenters. The molecule has 1 aliphatic rings. The lowest BCUT2D eigenvalue weighted by Crippen LogP contribution is -2.34. The van der Waals surface area contributed by atoms with E-state index in [4.69, 9.17) is 4.74 Å². The molecule has 0 radical (unpaired) electrons. The van der Waals surface area contributed by atoms with Gasteiger partial charge in [0.2, 0.25) is 6.04 Å². The van der Waals surface area contributed by atoms with Gasteiger partial charge in [-0.25, -0.2) is 0 Å². The Labute approximate surface area is 117 Å². The molecule has 1 aromatic rings. The zero-order valence-electron chi connectivity index (χ0n) is 11.5. The van der Waals surface area contributed by atoms with E-state index in [9.17, 15) is 14.9 Å². The molecule has 6 heteroatoms. The smallest absolute Gasteiger partial charge is 0.323 e. The van der Waals surface area contributed by atoms with Crippen LogP contribution >= 0.6 is 0 Å². The summed E-state index contributed by atoms with van der Waals surface area (Å²) < 4.78 is 4.94. The SMILES string of the molecule is CCOC(=O)[C@@H]1C[C@H]([N+](=O)[O-])[C@H](c2ccccc2C)N1. The van der Waals surface area contributed by atoms with Gasteiger partial charge in [0.25, 0.3) is 0 Å². The van der Waals surface area contributed by atoms with E-state index < -0.39 is 24.1 Å². The minimum Gasteiger partial charge on any atom is -0.465 e. The maximum absolute atomic E-state index is 11.8. The molecule has 3 atom stereocenters. The number of carbonyl (C=O) groups is 1. The highest BCUT2D eigenvalue weighted by molar-refractivity contribution is 5.76. The summed E-state index contributed by atoms with van der Waals surface area (Å²) in [6.07, 6.45) is 0.158. The van der Waals surface area contributed by atoms with Crippen LogP contribution in [0.4, 0.5) is 0 Å². The van der Waals surface area contributed by atoms with Crippen molar-refractivity contribution in [1.82, 2.24) is 5.32 Å². The van der Waals surface area contributed by atoms with Gasteiger partial charge in [0.1, 0.15) is 12.1 Å². The quantitative estimate of drug-likeness (QED) is 0.514.